The quantitative estimate of drug-likeness (QED) is 0.662. The fourth-order valence-corrected chi connectivity index (χ4v) is 5.04. The highest BCUT2D eigenvalue weighted by atomic mass is 32.2. The van der Waals surface area contributed by atoms with Crippen molar-refractivity contribution in [2.75, 3.05) is 6.61 Å². The van der Waals surface area contributed by atoms with E-state index in [4.69, 9.17) is 4.18 Å². The van der Waals surface area contributed by atoms with E-state index in [2.05, 4.69) is 6.92 Å². The summed E-state index contributed by atoms with van der Waals surface area (Å²) in [6.45, 7) is 2.41. The van der Waals surface area contributed by atoms with Crippen LogP contribution in [0.5, 0.6) is 0 Å². The van der Waals surface area contributed by atoms with E-state index in [-0.39, 0.29) is 0 Å². The SMILES string of the molecule is Cc1ccc2c3c1C(CCCCCCCCCOS2(=O)=O)C3. The molecular weight excluding hydrogens is 296 g/mol. The molecule has 0 spiro atoms. The predicted octanol–water partition coefficient (Wildman–Crippen LogP) is 4.47. The zero-order valence-electron chi connectivity index (χ0n) is 13.4. The molecule has 0 saturated carbocycles. The van der Waals surface area contributed by atoms with E-state index in [1.54, 1.807) is 6.07 Å². The lowest BCUT2D eigenvalue weighted by Gasteiger charge is -2.34. The van der Waals surface area contributed by atoms with Crippen LogP contribution in [0, 0.1) is 6.92 Å². The van der Waals surface area contributed by atoms with Gasteiger partial charge in [0.15, 0.2) is 0 Å². The first-order valence-electron chi connectivity index (χ1n) is 8.61. The summed E-state index contributed by atoms with van der Waals surface area (Å²) in [5.41, 5.74) is 3.52. The molecule has 0 fully saturated rings. The van der Waals surface area contributed by atoms with Crippen LogP contribution in [0.1, 0.15) is 74.0 Å². The van der Waals surface area contributed by atoms with Crippen LogP contribution >= 0.6 is 0 Å². The van der Waals surface area contributed by atoms with Gasteiger partial charge >= 0.3 is 0 Å². The second kappa shape index (κ2) is 6.71. The highest BCUT2D eigenvalue weighted by molar-refractivity contribution is 7.86. The first-order valence-corrected chi connectivity index (χ1v) is 10.0. The van der Waals surface area contributed by atoms with Gasteiger partial charge in [0, 0.05) is 0 Å². The molecule has 3 nitrogen and oxygen atoms in total. The third-order valence-electron chi connectivity index (χ3n) is 5.10. The normalized spacial score (nSPS) is 25.6. The Balaban J connectivity index is 1.87. The average Bonchev–Trinajstić information content (AvgIpc) is 2.44. The Morgan fingerprint density at radius 1 is 1.00 bits per heavy atom. The van der Waals surface area contributed by atoms with E-state index in [1.165, 1.54) is 49.7 Å². The molecule has 0 amide bonds. The van der Waals surface area contributed by atoms with Gasteiger partial charge in [0.25, 0.3) is 10.1 Å². The van der Waals surface area contributed by atoms with Gasteiger partial charge in [-0.05, 0) is 54.9 Å². The van der Waals surface area contributed by atoms with Crippen LogP contribution in [0.3, 0.4) is 0 Å². The van der Waals surface area contributed by atoms with Gasteiger partial charge < -0.3 is 0 Å². The highest BCUT2D eigenvalue weighted by Gasteiger charge is 2.34. The maximum absolute atomic E-state index is 12.4. The summed E-state index contributed by atoms with van der Waals surface area (Å²) < 4.78 is 30.1. The fourth-order valence-electron chi connectivity index (χ4n) is 3.85. The monoisotopic (exact) mass is 322 g/mol. The Labute approximate surface area is 134 Å². The van der Waals surface area contributed by atoms with Crippen LogP contribution in [0.25, 0.3) is 0 Å². The molecule has 0 aromatic heterocycles. The smallest absolute Gasteiger partial charge is 0.266 e. The lowest BCUT2D eigenvalue weighted by Crippen LogP contribution is -2.23. The minimum absolute atomic E-state index is 0.314. The molecule has 1 aliphatic heterocycles. The number of rotatable bonds is 0. The van der Waals surface area contributed by atoms with Crippen LogP contribution in [0.4, 0.5) is 0 Å². The van der Waals surface area contributed by atoms with Crippen molar-refractivity contribution in [1.29, 1.82) is 0 Å². The Kier molecular flexibility index (Phi) is 4.88. The van der Waals surface area contributed by atoms with Crippen molar-refractivity contribution >= 4 is 10.1 Å². The van der Waals surface area contributed by atoms with Gasteiger partial charge in [-0.15, -0.1) is 0 Å². The van der Waals surface area contributed by atoms with Crippen molar-refractivity contribution in [1.82, 2.24) is 0 Å². The van der Waals surface area contributed by atoms with Gasteiger partial charge in [-0.2, -0.15) is 8.42 Å². The van der Waals surface area contributed by atoms with Crippen molar-refractivity contribution in [3.8, 4) is 0 Å². The van der Waals surface area contributed by atoms with E-state index in [1.807, 2.05) is 6.07 Å². The van der Waals surface area contributed by atoms with Gasteiger partial charge in [-0.1, -0.05) is 44.6 Å². The molecule has 0 radical (unpaired) electrons. The Morgan fingerprint density at radius 3 is 2.45 bits per heavy atom. The maximum atomic E-state index is 12.4. The minimum Gasteiger partial charge on any atom is -0.266 e. The van der Waals surface area contributed by atoms with E-state index in [9.17, 15) is 8.42 Å². The topological polar surface area (TPSA) is 43.4 Å². The molecule has 4 bridgehead atoms. The molecule has 0 N–H and O–H groups in total. The average molecular weight is 322 g/mol. The van der Waals surface area contributed by atoms with Gasteiger partial charge in [-0.25, -0.2) is 0 Å². The van der Waals surface area contributed by atoms with E-state index in [0.717, 1.165) is 24.8 Å². The van der Waals surface area contributed by atoms with E-state index < -0.39 is 10.1 Å². The summed E-state index contributed by atoms with van der Waals surface area (Å²) in [5, 5.41) is 0. The van der Waals surface area contributed by atoms with Crippen LogP contribution < -0.4 is 0 Å². The molecule has 22 heavy (non-hydrogen) atoms. The summed E-state index contributed by atoms with van der Waals surface area (Å²) in [6, 6.07) is 3.68. The zero-order chi connectivity index (χ0) is 15.6. The number of aryl methyl sites for hydroxylation is 1. The fraction of sp³-hybridized carbons (Fsp3) is 0.667. The highest BCUT2D eigenvalue weighted by Crippen LogP contribution is 2.44. The van der Waals surface area contributed by atoms with Crippen molar-refractivity contribution < 1.29 is 12.6 Å². The number of hydrogen-bond donors (Lipinski definition) is 0. The molecule has 4 heteroatoms. The predicted molar refractivity (Wildman–Crippen MR) is 87.7 cm³/mol. The Morgan fingerprint density at radius 2 is 1.68 bits per heavy atom. The Hall–Kier alpha value is -0.870. The Bertz CT molecular complexity index is 634. The first kappa shape index (κ1) is 16.0. The second-order valence-electron chi connectivity index (χ2n) is 6.71. The van der Waals surface area contributed by atoms with Crippen LogP contribution in [0.15, 0.2) is 17.0 Å². The van der Waals surface area contributed by atoms with Crippen molar-refractivity contribution in [2.45, 2.75) is 75.5 Å². The first-order chi connectivity index (χ1) is 10.6. The van der Waals surface area contributed by atoms with Gasteiger partial charge in [0.1, 0.15) is 0 Å². The molecule has 1 heterocycles. The van der Waals surface area contributed by atoms with Crippen molar-refractivity contribution in [3.63, 3.8) is 0 Å². The van der Waals surface area contributed by atoms with E-state index in [0.29, 0.717) is 17.4 Å². The molecule has 1 atom stereocenters. The molecule has 0 saturated heterocycles. The summed E-state index contributed by atoms with van der Waals surface area (Å²) in [5.74, 6) is 0.551. The summed E-state index contributed by atoms with van der Waals surface area (Å²) in [4.78, 5) is 0.416. The molecule has 1 aliphatic carbocycles. The third kappa shape index (κ3) is 3.23. The zero-order valence-corrected chi connectivity index (χ0v) is 14.3. The molecule has 2 aliphatic rings. The molecule has 122 valence electrons. The molecular formula is C18H26O3S. The third-order valence-corrected chi connectivity index (χ3v) is 6.49. The van der Waals surface area contributed by atoms with Crippen LogP contribution in [-0.2, 0) is 20.7 Å². The van der Waals surface area contributed by atoms with Crippen molar-refractivity contribution in [3.05, 3.63) is 28.8 Å². The lowest BCUT2D eigenvalue weighted by molar-refractivity contribution is 0.305. The summed E-state index contributed by atoms with van der Waals surface area (Å²) >= 11 is 0. The lowest BCUT2D eigenvalue weighted by atomic mass is 9.73. The summed E-state index contributed by atoms with van der Waals surface area (Å²) in [6.07, 6.45) is 10.3. The van der Waals surface area contributed by atoms with Gasteiger partial charge in [0.05, 0.1) is 11.5 Å². The number of hydrogen-bond acceptors (Lipinski definition) is 3. The van der Waals surface area contributed by atoms with Crippen molar-refractivity contribution in [2.24, 2.45) is 0 Å². The maximum Gasteiger partial charge on any atom is 0.297 e. The minimum atomic E-state index is -3.59. The second-order valence-corrected chi connectivity index (χ2v) is 8.30. The number of benzene rings is 1. The standard InChI is InChI=1S/C18H26O3S/c1-14-10-11-17-16-13-15(18(14)16)9-7-5-3-2-4-6-8-12-21-22(17,19)20/h10-11,15H,2-9,12-13H2,1H3. The molecule has 1 unspecified atom stereocenters. The van der Waals surface area contributed by atoms with Gasteiger partial charge in [0.2, 0.25) is 0 Å². The van der Waals surface area contributed by atoms with Crippen LogP contribution in [0.2, 0.25) is 0 Å². The largest absolute Gasteiger partial charge is 0.297 e. The summed E-state index contributed by atoms with van der Waals surface area (Å²) in [7, 11) is -3.59. The molecule has 3 rings (SSSR count). The van der Waals surface area contributed by atoms with Crippen LogP contribution in [-0.4, -0.2) is 15.0 Å². The molecule has 1 aromatic rings. The molecule has 1 aromatic carbocycles. The van der Waals surface area contributed by atoms with E-state index >= 15 is 0 Å². The van der Waals surface area contributed by atoms with Gasteiger partial charge in [-0.3, -0.25) is 4.18 Å².